The van der Waals surface area contributed by atoms with E-state index >= 15 is 0 Å². The summed E-state index contributed by atoms with van der Waals surface area (Å²) in [6.45, 7) is 8.14. The van der Waals surface area contributed by atoms with Gasteiger partial charge in [0.1, 0.15) is 0 Å². The van der Waals surface area contributed by atoms with Crippen LogP contribution in [0.1, 0.15) is 12.0 Å². The molecule has 1 aliphatic heterocycles. The normalized spacial score (nSPS) is 16.9. The molecule has 0 unspecified atom stereocenters. The van der Waals surface area contributed by atoms with Gasteiger partial charge in [-0.2, -0.15) is 0 Å². The Bertz CT molecular complexity index is 527. The van der Waals surface area contributed by atoms with E-state index in [2.05, 4.69) is 11.5 Å². The Labute approximate surface area is 131 Å². The lowest BCUT2D eigenvalue weighted by Gasteiger charge is -2.19. The molecule has 0 bridgehead atoms. The summed E-state index contributed by atoms with van der Waals surface area (Å²) in [7, 11) is 0. The molecule has 0 atom stereocenters. The van der Waals surface area contributed by atoms with E-state index in [0.717, 1.165) is 44.7 Å². The summed E-state index contributed by atoms with van der Waals surface area (Å²) >= 11 is 6.08. The van der Waals surface area contributed by atoms with Crippen molar-refractivity contribution in [2.75, 3.05) is 32.7 Å². The highest BCUT2D eigenvalue weighted by Crippen LogP contribution is 2.16. The predicted molar refractivity (Wildman–Crippen MR) is 88.3 cm³/mol. The summed E-state index contributed by atoms with van der Waals surface area (Å²) in [5.74, 6) is 0.0513. The van der Waals surface area contributed by atoms with Gasteiger partial charge in [0.05, 0.1) is 0 Å². The Morgan fingerprint density at radius 3 is 2.81 bits per heavy atom. The fourth-order valence-electron chi connectivity index (χ4n) is 2.43. The first-order valence-electron chi connectivity index (χ1n) is 7.25. The lowest BCUT2D eigenvalue weighted by molar-refractivity contribution is -0.125. The molecule has 1 heterocycles. The number of carbonyl (C=O) groups is 1. The Morgan fingerprint density at radius 2 is 2.05 bits per heavy atom. The monoisotopic (exact) mass is 304 g/mol. The van der Waals surface area contributed by atoms with Crippen molar-refractivity contribution < 1.29 is 4.79 Å². The van der Waals surface area contributed by atoms with Crippen molar-refractivity contribution in [3.63, 3.8) is 0 Å². The second kappa shape index (κ2) is 8.01. The van der Waals surface area contributed by atoms with Crippen LogP contribution in [0.15, 0.2) is 43.0 Å². The summed E-state index contributed by atoms with van der Waals surface area (Å²) in [5, 5.41) is 0.662. The molecule has 1 fully saturated rings. The lowest BCUT2D eigenvalue weighted by atomic mass is 10.2. The minimum atomic E-state index is 0.0513. The van der Waals surface area contributed by atoms with Gasteiger partial charge in [0.25, 0.3) is 0 Å². The third-order valence-electron chi connectivity index (χ3n) is 3.60. The Kier molecular flexibility index (Phi) is 6.03. The Balaban J connectivity index is 1.94. The van der Waals surface area contributed by atoms with Crippen molar-refractivity contribution in [3.05, 3.63) is 53.6 Å². The highest BCUT2D eigenvalue weighted by molar-refractivity contribution is 6.32. The molecular formula is C17H21ClN2O. The highest BCUT2D eigenvalue weighted by atomic mass is 35.5. The summed E-state index contributed by atoms with van der Waals surface area (Å²) in [6.07, 6.45) is 6.32. The van der Waals surface area contributed by atoms with Gasteiger partial charge in [-0.25, -0.2) is 0 Å². The number of hydrogen-bond acceptors (Lipinski definition) is 2. The molecule has 3 nitrogen and oxygen atoms in total. The van der Waals surface area contributed by atoms with Crippen molar-refractivity contribution in [2.24, 2.45) is 0 Å². The standard InChI is InChI=1S/C17H21ClN2O/c1-2-10-19-11-5-12-20(14-13-19)17(21)9-8-15-6-3-4-7-16(15)18/h2-4,6-9H,1,5,10-14H2/b9-8+. The number of rotatable bonds is 4. The van der Waals surface area contributed by atoms with Crippen molar-refractivity contribution in [1.29, 1.82) is 0 Å². The third-order valence-corrected chi connectivity index (χ3v) is 3.94. The van der Waals surface area contributed by atoms with Crippen LogP contribution in [-0.4, -0.2) is 48.4 Å². The first-order valence-corrected chi connectivity index (χ1v) is 7.63. The van der Waals surface area contributed by atoms with Gasteiger partial charge in [0, 0.05) is 43.8 Å². The predicted octanol–water partition coefficient (Wildman–Crippen LogP) is 3.07. The van der Waals surface area contributed by atoms with Crippen LogP contribution in [0.25, 0.3) is 6.08 Å². The van der Waals surface area contributed by atoms with E-state index in [-0.39, 0.29) is 5.91 Å². The summed E-state index contributed by atoms with van der Waals surface area (Å²) in [6, 6.07) is 7.52. The summed E-state index contributed by atoms with van der Waals surface area (Å²) < 4.78 is 0. The van der Waals surface area contributed by atoms with E-state index in [0.29, 0.717) is 5.02 Å². The number of carbonyl (C=O) groups excluding carboxylic acids is 1. The molecule has 0 N–H and O–H groups in total. The average molecular weight is 305 g/mol. The first kappa shape index (κ1) is 15.8. The minimum absolute atomic E-state index is 0.0513. The molecule has 21 heavy (non-hydrogen) atoms. The Hall–Kier alpha value is -1.58. The maximum atomic E-state index is 12.3. The number of nitrogens with zero attached hydrogens (tertiary/aromatic N) is 2. The summed E-state index contributed by atoms with van der Waals surface area (Å²) in [5.41, 5.74) is 0.871. The van der Waals surface area contributed by atoms with Gasteiger partial charge in [0.2, 0.25) is 5.91 Å². The first-order chi connectivity index (χ1) is 10.2. The van der Waals surface area contributed by atoms with E-state index in [1.807, 2.05) is 35.2 Å². The maximum absolute atomic E-state index is 12.3. The zero-order valence-electron chi connectivity index (χ0n) is 12.2. The smallest absolute Gasteiger partial charge is 0.246 e. The van der Waals surface area contributed by atoms with Gasteiger partial charge >= 0.3 is 0 Å². The van der Waals surface area contributed by atoms with E-state index in [4.69, 9.17) is 11.6 Å². The molecular weight excluding hydrogens is 284 g/mol. The maximum Gasteiger partial charge on any atom is 0.246 e. The summed E-state index contributed by atoms with van der Waals surface area (Å²) in [4.78, 5) is 16.5. The zero-order chi connectivity index (χ0) is 15.1. The minimum Gasteiger partial charge on any atom is -0.338 e. The second-order valence-electron chi connectivity index (χ2n) is 5.12. The Morgan fingerprint density at radius 1 is 1.24 bits per heavy atom. The van der Waals surface area contributed by atoms with E-state index in [1.165, 1.54) is 0 Å². The number of hydrogen-bond donors (Lipinski definition) is 0. The number of amides is 1. The van der Waals surface area contributed by atoms with Crippen molar-refractivity contribution in [2.45, 2.75) is 6.42 Å². The molecule has 1 saturated heterocycles. The number of benzene rings is 1. The van der Waals surface area contributed by atoms with Crippen LogP contribution in [0, 0.1) is 0 Å². The fourth-order valence-corrected chi connectivity index (χ4v) is 2.63. The largest absolute Gasteiger partial charge is 0.338 e. The third kappa shape index (κ3) is 4.73. The molecule has 1 aromatic carbocycles. The quantitative estimate of drug-likeness (QED) is 0.630. The molecule has 4 heteroatoms. The van der Waals surface area contributed by atoms with Gasteiger partial charge < -0.3 is 4.90 Å². The van der Waals surface area contributed by atoms with Crippen LogP contribution < -0.4 is 0 Å². The van der Waals surface area contributed by atoms with Crippen LogP contribution in [0.5, 0.6) is 0 Å². The number of halogens is 1. The highest BCUT2D eigenvalue weighted by Gasteiger charge is 2.16. The fraction of sp³-hybridized carbons (Fsp3) is 0.353. The molecule has 1 amide bonds. The van der Waals surface area contributed by atoms with Gasteiger partial charge in [0.15, 0.2) is 0 Å². The second-order valence-corrected chi connectivity index (χ2v) is 5.53. The van der Waals surface area contributed by atoms with E-state index in [9.17, 15) is 4.79 Å². The van der Waals surface area contributed by atoms with Crippen LogP contribution in [-0.2, 0) is 4.79 Å². The van der Waals surface area contributed by atoms with E-state index in [1.54, 1.807) is 12.2 Å². The average Bonchev–Trinajstić information content (AvgIpc) is 2.72. The van der Waals surface area contributed by atoms with Crippen molar-refractivity contribution in [3.8, 4) is 0 Å². The van der Waals surface area contributed by atoms with Crippen molar-refractivity contribution in [1.82, 2.24) is 9.80 Å². The lowest BCUT2D eigenvalue weighted by Crippen LogP contribution is -2.34. The molecule has 2 rings (SSSR count). The van der Waals surface area contributed by atoms with Crippen LogP contribution in [0.3, 0.4) is 0 Å². The molecule has 0 saturated carbocycles. The molecule has 1 aliphatic rings. The van der Waals surface area contributed by atoms with Gasteiger partial charge in [-0.3, -0.25) is 9.69 Å². The van der Waals surface area contributed by atoms with Crippen LogP contribution >= 0.6 is 11.6 Å². The van der Waals surface area contributed by atoms with E-state index < -0.39 is 0 Å². The molecule has 112 valence electrons. The molecule has 0 aromatic heterocycles. The topological polar surface area (TPSA) is 23.6 Å². The SMILES string of the molecule is C=CCN1CCCN(C(=O)/C=C/c2ccccc2Cl)CC1. The van der Waals surface area contributed by atoms with Gasteiger partial charge in [-0.1, -0.05) is 35.9 Å². The van der Waals surface area contributed by atoms with Gasteiger partial charge in [-0.05, 0) is 24.1 Å². The molecule has 1 aromatic rings. The van der Waals surface area contributed by atoms with Gasteiger partial charge in [-0.15, -0.1) is 6.58 Å². The van der Waals surface area contributed by atoms with Crippen molar-refractivity contribution >= 4 is 23.6 Å². The molecule has 0 spiro atoms. The molecule has 0 radical (unpaired) electrons. The zero-order valence-corrected chi connectivity index (χ0v) is 12.9. The van der Waals surface area contributed by atoms with Crippen LogP contribution in [0.4, 0.5) is 0 Å². The van der Waals surface area contributed by atoms with Crippen LogP contribution in [0.2, 0.25) is 5.02 Å². The molecule has 0 aliphatic carbocycles.